The SMILES string of the molecule is COC(=O)c1cccc2c1[nH]c(=O)c1snc(C)c12. The molecule has 2 heterocycles. The van der Waals surface area contributed by atoms with Crippen LogP contribution in [0.15, 0.2) is 23.0 Å². The van der Waals surface area contributed by atoms with Crippen LogP contribution in [0.2, 0.25) is 0 Å². The molecule has 0 aliphatic heterocycles. The largest absolute Gasteiger partial charge is 0.465 e. The Bertz CT molecular complexity index is 863. The van der Waals surface area contributed by atoms with Crippen LogP contribution in [0, 0.1) is 6.92 Å². The van der Waals surface area contributed by atoms with E-state index in [1.54, 1.807) is 12.1 Å². The summed E-state index contributed by atoms with van der Waals surface area (Å²) in [6, 6.07) is 5.26. The van der Waals surface area contributed by atoms with Crippen LogP contribution in [0.25, 0.3) is 21.0 Å². The summed E-state index contributed by atoms with van der Waals surface area (Å²) in [4.78, 5) is 26.5. The molecule has 2 aromatic heterocycles. The second-order valence-electron chi connectivity index (χ2n) is 4.15. The van der Waals surface area contributed by atoms with Crippen molar-refractivity contribution in [1.82, 2.24) is 9.36 Å². The molecule has 0 radical (unpaired) electrons. The number of fused-ring (bicyclic) bond motifs is 3. The number of methoxy groups -OCH3 is 1. The summed E-state index contributed by atoms with van der Waals surface area (Å²) in [5.41, 5.74) is 1.40. The molecule has 0 amide bonds. The maximum atomic E-state index is 12.0. The monoisotopic (exact) mass is 274 g/mol. The summed E-state index contributed by atoms with van der Waals surface area (Å²) in [5, 5.41) is 1.61. The van der Waals surface area contributed by atoms with Gasteiger partial charge >= 0.3 is 5.97 Å². The predicted molar refractivity (Wildman–Crippen MR) is 73.8 cm³/mol. The van der Waals surface area contributed by atoms with Gasteiger partial charge in [-0.15, -0.1) is 0 Å². The van der Waals surface area contributed by atoms with Crippen molar-refractivity contribution in [1.29, 1.82) is 0 Å². The highest BCUT2D eigenvalue weighted by molar-refractivity contribution is 7.13. The third kappa shape index (κ3) is 1.64. The minimum atomic E-state index is -0.471. The molecule has 96 valence electrons. The first-order valence-corrected chi connectivity index (χ1v) is 6.40. The number of esters is 1. The van der Waals surface area contributed by atoms with Crippen LogP contribution in [-0.4, -0.2) is 22.4 Å². The molecule has 3 rings (SSSR count). The molecule has 0 saturated carbocycles. The van der Waals surface area contributed by atoms with Gasteiger partial charge < -0.3 is 9.72 Å². The second-order valence-corrected chi connectivity index (χ2v) is 4.92. The van der Waals surface area contributed by atoms with Crippen LogP contribution < -0.4 is 5.56 Å². The quantitative estimate of drug-likeness (QED) is 0.691. The number of ether oxygens (including phenoxy) is 1. The first-order valence-electron chi connectivity index (χ1n) is 5.62. The number of pyridine rings is 1. The number of nitrogens with one attached hydrogen (secondary N) is 1. The van der Waals surface area contributed by atoms with Crippen LogP contribution in [0.3, 0.4) is 0 Å². The van der Waals surface area contributed by atoms with Crippen LogP contribution >= 0.6 is 11.5 Å². The minimum Gasteiger partial charge on any atom is -0.465 e. The molecule has 3 aromatic rings. The summed E-state index contributed by atoms with van der Waals surface area (Å²) in [6.45, 7) is 1.85. The van der Waals surface area contributed by atoms with Crippen LogP contribution in [-0.2, 0) is 4.74 Å². The highest BCUT2D eigenvalue weighted by atomic mass is 32.1. The molecule has 19 heavy (non-hydrogen) atoms. The van der Waals surface area contributed by atoms with Gasteiger partial charge in [-0.2, -0.15) is 4.37 Å². The highest BCUT2D eigenvalue weighted by Gasteiger charge is 2.16. The van der Waals surface area contributed by atoms with Crippen LogP contribution in [0.5, 0.6) is 0 Å². The van der Waals surface area contributed by atoms with Crippen molar-refractivity contribution in [2.45, 2.75) is 6.92 Å². The Hall–Kier alpha value is -2.21. The lowest BCUT2D eigenvalue weighted by molar-refractivity contribution is 0.0603. The van der Waals surface area contributed by atoms with Gasteiger partial charge in [0.25, 0.3) is 5.56 Å². The molecule has 1 aromatic carbocycles. The number of nitrogens with zero attached hydrogens (tertiary/aromatic N) is 1. The maximum absolute atomic E-state index is 12.0. The number of aromatic amines is 1. The van der Waals surface area contributed by atoms with E-state index in [9.17, 15) is 9.59 Å². The van der Waals surface area contributed by atoms with Crippen molar-refractivity contribution in [3.63, 3.8) is 0 Å². The number of para-hydroxylation sites is 1. The van der Waals surface area contributed by atoms with Crippen molar-refractivity contribution in [2.24, 2.45) is 0 Å². The predicted octanol–water partition coefficient (Wildman–Crippen LogP) is 2.23. The Kier molecular flexibility index (Phi) is 2.60. The van der Waals surface area contributed by atoms with E-state index >= 15 is 0 Å². The average molecular weight is 274 g/mol. The number of benzene rings is 1. The molecule has 0 aliphatic rings. The summed E-state index contributed by atoms with van der Waals surface area (Å²) in [6.07, 6.45) is 0. The fourth-order valence-electron chi connectivity index (χ4n) is 2.19. The van der Waals surface area contributed by atoms with Crippen LogP contribution in [0.1, 0.15) is 16.1 Å². The van der Waals surface area contributed by atoms with E-state index in [4.69, 9.17) is 4.74 Å². The summed E-state index contributed by atoms with van der Waals surface area (Å²) in [5.74, 6) is -0.471. The highest BCUT2D eigenvalue weighted by Crippen LogP contribution is 2.28. The average Bonchev–Trinajstić information content (AvgIpc) is 2.81. The van der Waals surface area contributed by atoms with Gasteiger partial charge in [-0.05, 0) is 24.5 Å². The lowest BCUT2D eigenvalue weighted by atomic mass is 10.1. The van der Waals surface area contributed by atoms with Gasteiger partial charge in [-0.3, -0.25) is 4.79 Å². The molecule has 0 aliphatic carbocycles. The number of hydrogen-bond donors (Lipinski definition) is 1. The number of hydrogen-bond acceptors (Lipinski definition) is 5. The topological polar surface area (TPSA) is 72.1 Å². The van der Waals surface area contributed by atoms with Gasteiger partial charge in [0.15, 0.2) is 0 Å². The lowest BCUT2D eigenvalue weighted by Gasteiger charge is -2.05. The van der Waals surface area contributed by atoms with Gasteiger partial charge in [0.1, 0.15) is 4.70 Å². The Balaban J connectivity index is 2.56. The first kappa shape index (κ1) is 11.9. The van der Waals surface area contributed by atoms with E-state index < -0.39 is 5.97 Å². The molecule has 0 atom stereocenters. The zero-order chi connectivity index (χ0) is 13.6. The van der Waals surface area contributed by atoms with Crippen molar-refractivity contribution in [3.8, 4) is 0 Å². The van der Waals surface area contributed by atoms with Gasteiger partial charge in [0, 0.05) is 10.8 Å². The Morgan fingerprint density at radius 3 is 2.95 bits per heavy atom. The van der Waals surface area contributed by atoms with Gasteiger partial charge in [-0.25, -0.2) is 4.79 Å². The van der Waals surface area contributed by atoms with E-state index in [1.807, 2.05) is 13.0 Å². The maximum Gasteiger partial charge on any atom is 0.339 e. The number of aromatic nitrogens is 2. The van der Waals surface area contributed by atoms with Crippen molar-refractivity contribution >= 4 is 38.5 Å². The number of rotatable bonds is 1. The molecule has 0 spiro atoms. The van der Waals surface area contributed by atoms with E-state index in [0.29, 0.717) is 15.8 Å². The molecule has 6 heteroatoms. The van der Waals surface area contributed by atoms with Gasteiger partial charge in [-0.1, -0.05) is 12.1 Å². The van der Waals surface area contributed by atoms with E-state index in [2.05, 4.69) is 9.36 Å². The second kappa shape index (κ2) is 4.17. The lowest BCUT2D eigenvalue weighted by Crippen LogP contribution is -2.09. The van der Waals surface area contributed by atoms with E-state index in [1.165, 1.54) is 18.6 Å². The molecular weight excluding hydrogens is 264 g/mol. The smallest absolute Gasteiger partial charge is 0.339 e. The number of carbonyl (C=O) groups is 1. The van der Waals surface area contributed by atoms with Gasteiger partial charge in [0.2, 0.25) is 0 Å². The molecule has 0 saturated heterocycles. The fraction of sp³-hybridized carbons (Fsp3) is 0.154. The number of aryl methyl sites for hydroxylation is 1. The standard InChI is InChI=1S/C13H10N2O3S/c1-6-9-7-4-3-5-8(13(17)18-2)10(7)14-12(16)11(9)19-15-6/h3-5H,1-2H3,(H,14,16). The Labute approximate surface area is 112 Å². The Morgan fingerprint density at radius 1 is 1.42 bits per heavy atom. The third-order valence-electron chi connectivity index (χ3n) is 3.05. The number of H-pyrrole nitrogens is 1. The van der Waals surface area contributed by atoms with Crippen LogP contribution in [0.4, 0.5) is 0 Å². The molecule has 1 N–H and O–H groups in total. The zero-order valence-corrected chi connectivity index (χ0v) is 11.1. The molecule has 0 fully saturated rings. The molecular formula is C13H10N2O3S. The third-order valence-corrected chi connectivity index (χ3v) is 3.98. The molecule has 5 nitrogen and oxygen atoms in total. The van der Waals surface area contributed by atoms with Crippen molar-refractivity contribution in [3.05, 3.63) is 39.8 Å². The molecule has 0 bridgehead atoms. The Morgan fingerprint density at radius 2 is 2.21 bits per heavy atom. The first-order chi connectivity index (χ1) is 9.13. The summed E-state index contributed by atoms with van der Waals surface area (Å²) >= 11 is 1.17. The van der Waals surface area contributed by atoms with Crippen molar-refractivity contribution in [2.75, 3.05) is 7.11 Å². The number of carbonyl (C=O) groups excluding carboxylic acids is 1. The normalized spacial score (nSPS) is 11.1. The van der Waals surface area contributed by atoms with Crippen molar-refractivity contribution < 1.29 is 9.53 Å². The summed E-state index contributed by atoms with van der Waals surface area (Å²) in [7, 11) is 1.31. The fourth-order valence-corrected chi connectivity index (χ4v) is 2.99. The summed E-state index contributed by atoms with van der Waals surface area (Å²) < 4.78 is 9.52. The van der Waals surface area contributed by atoms with Gasteiger partial charge in [0.05, 0.1) is 23.9 Å². The van der Waals surface area contributed by atoms with E-state index in [0.717, 1.165) is 16.5 Å². The van der Waals surface area contributed by atoms with E-state index in [-0.39, 0.29) is 5.56 Å². The zero-order valence-electron chi connectivity index (χ0n) is 10.3. The molecule has 0 unspecified atom stereocenters. The minimum absolute atomic E-state index is 0.232.